The Hall–Kier alpha value is -0.900. The maximum absolute atomic E-state index is 5.49. The summed E-state index contributed by atoms with van der Waals surface area (Å²) in [5.41, 5.74) is 1.80. The summed E-state index contributed by atoms with van der Waals surface area (Å²) in [6, 6.07) is 0.317. The molecule has 2 heterocycles. The van der Waals surface area contributed by atoms with E-state index in [0.29, 0.717) is 18.6 Å². The topological polar surface area (TPSA) is 34.5 Å². The van der Waals surface area contributed by atoms with E-state index < -0.39 is 0 Å². The summed E-state index contributed by atoms with van der Waals surface area (Å²) in [4.78, 5) is 9.52. The van der Waals surface area contributed by atoms with Gasteiger partial charge in [-0.25, -0.2) is 4.99 Å². The smallest absolute Gasteiger partial charge is 0.228 e. The van der Waals surface area contributed by atoms with Crippen LogP contribution in [0.15, 0.2) is 16.7 Å². The number of rotatable bonds is 2. The minimum absolute atomic E-state index is 0.317. The van der Waals surface area contributed by atoms with Gasteiger partial charge >= 0.3 is 0 Å². The second-order valence-corrected chi connectivity index (χ2v) is 4.31. The van der Waals surface area contributed by atoms with Crippen LogP contribution in [0.3, 0.4) is 0 Å². The van der Waals surface area contributed by atoms with Crippen LogP contribution in [0.5, 0.6) is 0 Å². The highest BCUT2D eigenvalue weighted by Crippen LogP contribution is 2.19. The van der Waals surface area contributed by atoms with E-state index in [-0.39, 0.29) is 0 Å². The van der Waals surface area contributed by atoms with Crippen molar-refractivity contribution in [2.45, 2.75) is 19.9 Å². The molecule has 0 saturated heterocycles. The van der Waals surface area contributed by atoms with Crippen LogP contribution in [-0.2, 0) is 4.74 Å². The monoisotopic (exact) mass is 196 g/mol. The molecule has 0 aliphatic carbocycles. The van der Waals surface area contributed by atoms with E-state index in [9.17, 15) is 0 Å². The maximum Gasteiger partial charge on any atom is 0.228 e. The van der Waals surface area contributed by atoms with Crippen LogP contribution in [0.2, 0.25) is 0 Å². The molecule has 2 rings (SSSR count). The lowest BCUT2D eigenvalue weighted by atomic mass is 10.1. The van der Waals surface area contributed by atoms with Gasteiger partial charge in [0.25, 0.3) is 0 Å². The van der Waals surface area contributed by atoms with E-state index in [2.05, 4.69) is 23.8 Å². The zero-order chi connectivity index (χ0) is 9.26. The normalized spacial score (nSPS) is 21.8. The molecule has 0 unspecified atom stereocenters. The van der Waals surface area contributed by atoms with E-state index in [4.69, 9.17) is 4.74 Å². The molecule has 0 radical (unpaired) electrons. The summed E-state index contributed by atoms with van der Waals surface area (Å²) in [5, 5.41) is 0. The highest BCUT2D eigenvalue weighted by atomic mass is 32.1. The zero-order valence-electron chi connectivity index (χ0n) is 7.73. The number of hydrogen-bond donors (Lipinski definition) is 0. The van der Waals surface area contributed by atoms with Crippen molar-refractivity contribution in [1.82, 2.24) is 4.98 Å². The molecule has 0 aromatic carbocycles. The summed E-state index contributed by atoms with van der Waals surface area (Å²) in [6.45, 7) is 5.03. The molecule has 1 aliphatic heterocycles. The lowest BCUT2D eigenvalue weighted by Gasteiger charge is -2.06. The number of nitrogens with zero attached hydrogens (tertiary/aromatic N) is 2. The van der Waals surface area contributed by atoms with Crippen LogP contribution >= 0.6 is 11.3 Å². The molecule has 3 nitrogen and oxygen atoms in total. The molecular weight excluding hydrogens is 184 g/mol. The van der Waals surface area contributed by atoms with Crippen LogP contribution in [0.25, 0.3) is 0 Å². The maximum atomic E-state index is 5.49. The molecule has 1 atom stereocenters. The van der Waals surface area contributed by atoms with Crippen LogP contribution in [0.4, 0.5) is 0 Å². The Morgan fingerprint density at radius 1 is 1.62 bits per heavy atom. The molecule has 0 bridgehead atoms. The predicted molar refractivity (Wildman–Crippen MR) is 53.2 cm³/mol. The quantitative estimate of drug-likeness (QED) is 0.724. The van der Waals surface area contributed by atoms with Gasteiger partial charge in [-0.2, -0.15) is 0 Å². The molecule has 4 heteroatoms. The summed E-state index contributed by atoms with van der Waals surface area (Å²) in [5.74, 6) is 1.31. The predicted octanol–water partition coefficient (Wildman–Crippen LogP) is 1.94. The first-order valence-electron chi connectivity index (χ1n) is 4.37. The second kappa shape index (κ2) is 3.46. The summed E-state index contributed by atoms with van der Waals surface area (Å²) < 4.78 is 5.49. The molecule has 0 N–H and O–H groups in total. The third-order valence-electron chi connectivity index (χ3n) is 2.09. The SMILES string of the molecule is CC(C)[C@H]1COC(c2cncs2)=N1. The van der Waals surface area contributed by atoms with Gasteiger partial charge in [0.05, 0.1) is 17.7 Å². The van der Waals surface area contributed by atoms with E-state index >= 15 is 0 Å². The highest BCUT2D eigenvalue weighted by Gasteiger charge is 2.23. The Morgan fingerprint density at radius 3 is 3.00 bits per heavy atom. The van der Waals surface area contributed by atoms with Crippen LogP contribution in [-0.4, -0.2) is 23.5 Å². The average molecular weight is 196 g/mol. The molecule has 0 saturated carbocycles. The number of ether oxygens (including phenoxy) is 1. The Morgan fingerprint density at radius 2 is 2.46 bits per heavy atom. The Kier molecular flexibility index (Phi) is 2.31. The van der Waals surface area contributed by atoms with Crippen molar-refractivity contribution < 1.29 is 4.74 Å². The molecule has 0 spiro atoms. The van der Waals surface area contributed by atoms with Crippen molar-refractivity contribution >= 4 is 17.2 Å². The van der Waals surface area contributed by atoms with Crippen molar-refractivity contribution in [2.24, 2.45) is 10.9 Å². The van der Waals surface area contributed by atoms with Gasteiger partial charge in [-0.05, 0) is 5.92 Å². The third kappa shape index (κ3) is 1.72. The molecule has 70 valence electrons. The standard InChI is InChI=1S/C9H12N2OS/c1-6(2)7-4-12-9(11-7)8-3-10-5-13-8/h3,5-7H,4H2,1-2H3/t7-/m1/s1. The van der Waals surface area contributed by atoms with Crippen molar-refractivity contribution in [3.8, 4) is 0 Å². The van der Waals surface area contributed by atoms with E-state index in [0.717, 1.165) is 10.8 Å². The zero-order valence-corrected chi connectivity index (χ0v) is 8.54. The summed E-state index contributed by atoms with van der Waals surface area (Å²) >= 11 is 1.57. The average Bonchev–Trinajstić information content (AvgIpc) is 2.75. The molecule has 0 fully saturated rings. The Balaban J connectivity index is 2.15. The summed E-state index contributed by atoms with van der Waals surface area (Å²) in [7, 11) is 0. The second-order valence-electron chi connectivity index (χ2n) is 3.42. The third-order valence-corrected chi connectivity index (χ3v) is 2.85. The van der Waals surface area contributed by atoms with Gasteiger partial charge in [0.2, 0.25) is 5.90 Å². The molecule has 0 amide bonds. The Labute approximate surface area is 81.5 Å². The van der Waals surface area contributed by atoms with Gasteiger partial charge in [-0.3, -0.25) is 4.98 Å². The van der Waals surface area contributed by atoms with Crippen molar-refractivity contribution in [1.29, 1.82) is 0 Å². The lowest BCUT2D eigenvalue weighted by molar-refractivity contribution is 0.292. The van der Waals surface area contributed by atoms with Gasteiger partial charge in [-0.15, -0.1) is 11.3 Å². The van der Waals surface area contributed by atoms with Crippen molar-refractivity contribution in [3.05, 3.63) is 16.6 Å². The van der Waals surface area contributed by atoms with Gasteiger partial charge in [0.15, 0.2) is 0 Å². The Bertz CT molecular complexity index is 305. The minimum Gasteiger partial charge on any atom is -0.475 e. The van der Waals surface area contributed by atoms with Gasteiger partial charge in [0.1, 0.15) is 11.5 Å². The molecule has 1 aromatic heterocycles. The first kappa shape index (κ1) is 8.69. The van der Waals surface area contributed by atoms with Crippen molar-refractivity contribution in [3.63, 3.8) is 0 Å². The minimum atomic E-state index is 0.317. The number of hydrogen-bond acceptors (Lipinski definition) is 4. The van der Waals surface area contributed by atoms with E-state index in [1.165, 1.54) is 0 Å². The molecule has 1 aliphatic rings. The number of aliphatic imine (C=N–C) groups is 1. The fourth-order valence-electron chi connectivity index (χ4n) is 1.19. The fraction of sp³-hybridized carbons (Fsp3) is 0.556. The molecule has 13 heavy (non-hydrogen) atoms. The van der Waals surface area contributed by atoms with E-state index in [1.54, 1.807) is 23.0 Å². The van der Waals surface area contributed by atoms with Gasteiger partial charge < -0.3 is 4.74 Å². The van der Waals surface area contributed by atoms with Gasteiger partial charge in [0, 0.05) is 0 Å². The highest BCUT2D eigenvalue weighted by molar-refractivity contribution is 7.11. The van der Waals surface area contributed by atoms with Crippen LogP contribution in [0, 0.1) is 5.92 Å². The van der Waals surface area contributed by atoms with Crippen LogP contribution < -0.4 is 0 Å². The van der Waals surface area contributed by atoms with E-state index in [1.807, 2.05) is 0 Å². The van der Waals surface area contributed by atoms with Crippen molar-refractivity contribution in [2.75, 3.05) is 6.61 Å². The number of aromatic nitrogens is 1. The first-order valence-corrected chi connectivity index (χ1v) is 5.25. The number of thiazole rings is 1. The fourth-order valence-corrected chi connectivity index (χ4v) is 1.76. The van der Waals surface area contributed by atoms with Gasteiger partial charge in [-0.1, -0.05) is 13.8 Å². The first-order chi connectivity index (χ1) is 6.27. The molecule has 1 aromatic rings. The largest absolute Gasteiger partial charge is 0.475 e. The van der Waals surface area contributed by atoms with Crippen LogP contribution in [0.1, 0.15) is 18.7 Å². The lowest BCUT2D eigenvalue weighted by Crippen LogP contribution is -2.13. The molecular formula is C9H12N2OS. The summed E-state index contributed by atoms with van der Waals surface area (Å²) in [6.07, 6.45) is 1.80.